The van der Waals surface area contributed by atoms with Crippen molar-refractivity contribution in [3.63, 3.8) is 0 Å². The lowest BCUT2D eigenvalue weighted by atomic mass is 10.0. The van der Waals surface area contributed by atoms with E-state index in [-0.39, 0.29) is 0 Å². The van der Waals surface area contributed by atoms with Gasteiger partial charge in [-0.3, -0.25) is 4.90 Å². The van der Waals surface area contributed by atoms with Crippen molar-refractivity contribution in [2.24, 2.45) is 0 Å². The third kappa shape index (κ3) is 3.02. The molecule has 0 N–H and O–H groups in total. The smallest absolute Gasteiger partial charge is 0.118 e. The number of rotatable bonds is 5. The molecule has 1 fully saturated rings. The summed E-state index contributed by atoms with van der Waals surface area (Å²) < 4.78 is 5.19. The topological polar surface area (TPSA) is 36.3 Å². The predicted octanol–water partition coefficient (Wildman–Crippen LogP) is 3.14. The molecule has 0 aromatic heterocycles. The van der Waals surface area contributed by atoms with Crippen molar-refractivity contribution in [3.8, 4) is 11.8 Å². The van der Waals surface area contributed by atoms with Crippen molar-refractivity contribution in [2.45, 2.75) is 31.7 Å². The van der Waals surface area contributed by atoms with E-state index in [1.54, 1.807) is 7.11 Å². The summed E-state index contributed by atoms with van der Waals surface area (Å²) in [5, 5.41) is 8.60. The maximum atomic E-state index is 8.60. The Hall–Kier alpha value is -1.53. The van der Waals surface area contributed by atoms with Crippen LogP contribution in [0.2, 0.25) is 0 Å². The fraction of sp³-hybridized carbons (Fsp3) is 0.533. The van der Waals surface area contributed by atoms with Gasteiger partial charge in [0.25, 0.3) is 0 Å². The van der Waals surface area contributed by atoms with Crippen LogP contribution in [0.3, 0.4) is 0 Å². The number of unbranched alkanes of at least 4 members (excludes halogenated alkanes) is 1. The molecule has 0 amide bonds. The lowest BCUT2D eigenvalue weighted by Gasteiger charge is -2.24. The molecule has 0 saturated carbocycles. The zero-order valence-electron chi connectivity index (χ0n) is 10.9. The number of benzene rings is 1. The predicted molar refractivity (Wildman–Crippen MR) is 71.4 cm³/mol. The minimum Gasteiger partial charge on any atom is -0.497 e. The minimum absolute atomic E-state index is 0.523. The van der Waals surface area contributed by atoms with Gasteiger partial charge in [0.15, 0.2) is 0 Å². The van der Waals surface area contributed by atoms with Gasteiger partial charge in [0.1, 0.15) is 5.75 Å². The van der Waals surface area contributed by atoms with Crippen LogP contribution in [0.15, 0.2) is 24.3 Å². The zero-order valence-corrected chi connectivity index (χ0v) is 10.9. The second kappa shape index (κ2) is 6.42. The van der Waals surface area contributed by atoms with Gasteiger partial charge in [0, 0.05) is 12.5 Å². The largest absolute Gasteiger partial charge is 0.497 e. The van der Waals surface area contributed by atoms with E-state index < -0.39 is 0 Å². The molecule has 18 heavy (non-hydrogen) atoms. The van der Waals surface area contributed by atoms with Gasteiger partial charge in [-0.2, -0.15) is 5.26 Å². The number of ether oxygens (including phenoxy) is 1. The van der Waals surface area contributed by atoms with Gasteiger partial charge in [-0.1, -0.05) is 12.1 Å². The van der Waals surface area contributed by atoms with Gasteiger partial charge in [0.2, 0.25) is 0 Å². The quantitative estimate of drug-likeness (QED) is 0.747. The number of hydrogen-bond donors (Lipinski definition) is 0. The van der Waals surface area contributed by atoms with E-state index in [1.165, 1.54) is 18.4 Å². The number of nitriles is 1. The third-order valence-corrected chi connectivity index (χ3v) is 3.60. The normalized spacial score (nSPS) is 19.7. The van der Waals surface area contributed by atoms with E-state index in [9.17, 15) is 0 Å². The standard InChI is InChI=1S/C15H20N2O/c1-18-14-8-6-13(7-9-14)15-5-4-12-17(15)11-3-2-10-16/h6-9,15H,2-5,11-12H2,1H3. The van der Waals surface area contributed by atoms with E-state index in [2.05, 4.69) is 23.1 Å². The van der Waals surface area contributed by atoms with Gasteiger partial charge in [-0.25, -0.2) is 0 Å². The zero-order chi connectivity index (χ0) is 12.8. The first-order chi connectivity index (χ1) is 8.85. The van der Waals surface area contributed by atoms with Crippen molar-refractivity contribution < 1.29 is 4.74 Å². The van der Waals surface area contributed by atoms with E-state index in [1.807, 2.05) is 12.1 Å². The monoisotopic (exact) mass is 244 g/mol. The summed E-state index contributed by atoms with van der Waals surface area (Å²) in [4.78, 5) is 2.50. The molecule has 0 radical (unpaired) electrons. The van der Waals surface area contributed by atoms with Crippen LogP contribution in [-0.2, 0) is 0 Å². The molecule has 1 heterocycles. The summed E-state index contributed by atoms with van der Waals surface area (Å²) in [6.07, 6.45) is 4.11. The van der Waals surface area contributed by atoms with Gasteiger partial charge >= 0.3 is 0 Å². The number of nitrogens with zero attached hydrogens (tertiary/aromatic N) is 2. The highest BCUT2D eigenvalue weighted by atomic mass is 16.5. The molecule has 1 aliphatic heterocycles. The van der Waals surface area contributed by atoms with Crippen LogP contribution in [0.1, 0.15) is 37.3 Å². The van der Waals surface area contributed by atoms with Gasteiger partial charge < -0.3 is 4.74 Å². The maximum absolute atomic E-state index is 8.60. The molecule has 3 nitrogen and oxygen atoms in total. The summed E-state index contributed by atoms with van der Waals surface area (Å²) in [6, 6.07) is 11.1. The highest BCUT2D eigenvalue weighted by Gasteiger charge is 2.25. The summed E-state index contributed by atoms with van der Waals surface area (Å²) in [6.45, 7) is 2.19. The Morgan fingerprint density at radius 3 is 2.83 bits per heavy atom. The Morgan fingerprint density at radius 2 is 2.17 bits per heavy atom. The molecule has 1 unspecified atom stereocenters. The van der Waals surface area contributed by atoms with Crippen LogP contribution in [0.25, 0.3) is 0 Å². The molecule has 1 aromatic rings. The number of likely N-dealkylation sites (tertiary alicyclic amines) is 1. The van der Waals surface area contributed by atoms with Crippen LogP contribution in [0.5, 0.6) is 5.75 Å². The van der Waals surface area contributed by atoms with Crippen LogP contribution >= 0.6 is 0 Å². The van der Waals surface area contributed by atoms with Crippen molar-refractivity contribution in [2.75, 3.05) is 20.2 Å². The van der Waals surface area contributed by atoms with Crippen LogP contribution in [0, 0.1) is 11.3 Å². The Morgan fingerprint density at radius 1 is 1.39 bits per heavy atom. The second-order valence-corrected chi connectivity index (χ2v) is 4.73. The van der Waals surface area contributed by atoms with Gasteiger partial charge in [-0.15, -0.1) is 0 Å². The molecular weight excluding hydrogens is 224 g/mol. The van der Waals surface area contributed by atoms with Crippen molar-refractivity contribution >= 4 is 0 Å². The number of hydrogen-bond acceptors (Lipinski definition) is 3. The highest BCUT2D eigenvalue weighted by molar-refractivity contribution is 5.29. The van der Waals surface area contributed by atoms with Gasteiger partial charge in [0.05, 0.1) is 13.2 Å². The molecule has 1 atom stereocenters. The summed E-state index contributed by atoms with van der Waals surface area (Å²) >= 11 is 0. The molecule has 1 aromatic carbocycles. The van der Waals surface area contributed by atoms with Gasteiger partial charge in [-0.05, 0) is 50.0 Å². The average molecular weight is 244 g/mol. The summed E-state index contributed by atoms with van der Waals surface area (Å²) in [7, 11) is 1.69. The minimum atomic E-state index is 0.523. The molecule has 0 bridgehead atoms. The molecular formula is C15H20N2O. The fourth-order valence-electron chi connectivity index (χ4n) is 2.66. The Bertz CT molecular complexity index is 407. The number of methoxy groups -OCH3 is 1. The first-order valence-electron chi connectivity index (χ1n) is 6.60. The first kappa shape index (κ1) is 12.9. The lowest BCUT2D eigenvalue weighted by Crippen LogP contribution is -2.24. The second-order valence-electron chi connectivity index (χ2n) is 4.73. The van der Waals surface area contributed by atoms with Crippen LogP contribution in [-0.4, -0.2) is 25.1 Å². The molecule has 3 heteroatoms. The van der Waals surface area contributed by atoms with E-state index in [4.69, 9.17) is 10.00 Å². The molecule has 1 aliphatic rings. The Labute approximate surface area is 109 Å². The first-order valence-corrected chi connectivity index (χ1v) is 6.60. The van der Waals surface area contributed by atoms with E-state index in [0.717, 1.165) is 25.3 Å². The third-order valence-electron chi connectivity index (χ3n) is 3.60. The maximum Gasteiger partial charge on any atom is 0.118 e. The SMILES string of the molecule is COc1ccc(C2CCCN2CCCC#N)cc1. The summed E-state index contributed by atoms with van der Waals surface area (Å²) in [5.74, 6) is 0.910. The van der Waals surface area contributed by atoms with Crippen molar-refractivity contribution in [3.05, 3.63) is 29.8 Å². The lowest BCUT2D eigenvalue weighted by molar-refractivity contribution is 0.255. The Kier molecular flexibility index (Phi) is 4.60. The molecule has 0 spiro atoms. The van der Waals surface area contributed by atoms with Crippen LogP contribution in [0.4, 0.5) is 0 Å². The fourth-order valence-corrected chi connectivity index (χ4v) is 2.66. The highest BCUT2D eigenvalue weighted by Crippen LogP contribution is 2.32. The average Bonchev–Trinajstić information content (AvgIpc) is 2.88. The molecule has 1 saturated heterocycles. The van der Waals surface area contributed by atoms with E-state index in [0.29, 0.717) is 12.5 Å². The van der Waals surface area contributed by atoms with Crippen molar-refractivity contribution in [1.29, 1.82) is 5.26 Å². The molecule has 96 valence electrons. The van der Waals surface area contributed by atoms with Crippen LogP contribution < -0.4 is 4.74 Å². The van der Waals surface area contributed by atoms with Crippen molar-refractivity contribution in [1.82, 2.24) is 4.90 Å². The summed E-state index contributed by atoms with van der Waals surface area (Å²) in [5.41, 5.74) is 1.37. The Balaban J connectivity index is 1.99. The van der Waals surface area contributed by atoms with E-state index >= 15 is 0 Å². The molecule has 0 aliphatic carbocycles. The molecule has 2 rings (SSSR count).